The average Bonchev–Trinajstić information content (AvgIpc) is 3.42. The number of aliphatic hydroxyl groups excluding tert-OH is 1. The highest BCUT2D eigenvalue weighted by molar-refractivity contribution is 5.68. The number of amides is 1. The molecule has 6 N–H and O–H groups in total. The van der Waals surface area contributed by atoms with Crippen molar-refractivity contribution in [2.24, 2.45) is 0 Å². The normalized spacial score (nSPS) is 11.9. The Balaban J connectivity index is 1.82. The smallest absolute Gasteiger partial charge is 0.407 e. The zero-order chi connectivity index (χ0) is 34.1. The Morgan fingerprint density at radius 2 is 2.04 bits per heavy atom. The van der Waals surface area contributed by atoms with E-state index in [1.54, 1.807) is 63.2 Å². The molecule has 47 heavy (non-hydrogen) atoms. The van der Waals surface area contributed by atoms with Crippen LogP contribution >= 0.6 is 0 Å². The molecule has 0 saturated carbocycles. The molecule has 15 heteroatoms. The van der Waals surface area contributed by atoms with Gasteiger partial charge >= 0.3 is 11.8 Å². The summed E-state index contributed by atoms with van der Waals surface area (Å²) in [7, 11) is 1.46. The maximum atomic E-state index is 16.2. The molecule has 2 aromatic carbocycles. The van der Waals surface area contributed by atoms with E-state index in [2.05, 4.69) is 31.8 Å². The van der Waals surface area contributed by atoms with Crippen LogP contribution < -0.4 is 26.5 Å². The number of ether oxygens (including phenoxy) is 2. The molecule has 1 atom stereocenters. The molecule has 0 saturated heterocycles. The number of benzene rings is 2. The predicted octanol–water partition coefficient (Wildman–Crippen LogP) is 2.88. The molecule has 1 amide bonds. The highest BCUT2D eigenvalue weighted by atomic mass is 19.1. The van der Waals surface area contributed by atoms with Gasteiger partial charge in [0.05, 0.1) is 25.3 Å². The van der Waals surface area contributed by atoms with Gasteiger partial charge in [0.2, 0.25) is 11.5 Å². The molecule has 0 radical (unpaired) electrons. The fraction of sp³-hybridized carbons (Fsp3) is 0.344. The number of H-pyrrole nitrogens is 1. The van der Waals surface area contributed by atoms with Crippen LogP contribution in [0.1, 0.15) is 61.8 Å². The molecule has 1 unspecified atom stereocenters. The number of hydrogen-bond donors (Lipinski definition) is 5. The van der Waals surface area contributed by atoms with Crippen molar-refractivity contribution in [1.29, 1.82) is 5.26 Å². The minimum Gasteiger partial charge on any atom is -0.488 e. The Bertz CT molecular complexity index is 1810. The van der Waals surface area contributed by atoms with Gasteiger partial charge in [-0.15, -0.1) is 5.10 Å². The number of pyridine rings is 1. The number of quaternary nitrogens is 1. The van der Waals surface area contributed by atoms with Crippen LogP contribution in [0.25, 0.3) is 5.82 Å². The lowest BCUT2D eigenvalue weighted by molar-refractivity contribution is -0.830. The van der Waals surface area contributed by atoms with Gasteiger partial charge in [-0.3, -0.25) is 4.98 Å². The van der Waals surface area contributed by atoms with Gasteiger partial charge in [-0.05, 0) is 68.7 Å². The van der Waals surface area contributed by atoms with E-state index in [0.29, 0.717) is 28.9 Å². The number of nitrogens with two attached hydrogens (primary N) is 1. The summed E-state index contributed by atoms with van der Waals surface area (Å²) in [5.41, 5.74) is 2.56. The SMILES string of the molecule is CCc1cc(OCCO)c(F)c(C(Nc2ccc(C#N)c(CNC(=O)OC(C)(C)C)c2)c2nn(-c3ncccc3[NH2+]OC)c(=O)[nH]2)c1. The van der Waals surface area contributed by atoms with Crippen molar-refractivity contribution in [1.82, 2.24) is 25.1 Å². The van der Waals surface area contributed by atoms with Gasteiger partial charge in [0.25, 0.3) is 0 Å². The lowest BCUT2D eigenvalue weighted by atomic mass is 9.99. The van der Waals surface area contributed by atoms with E-state index in [1.165, 1.54) is 18.8 Å². The van der Waals surface area contributed by atoms with Crippen LogP contribution in [-0.2, 0) is 22.5 Å². The van der Waals surface area contributed by atoms with Crippen molar-refractivity contribution >= 4 is 17.5 Å². The summed E-state index contributed by atoms with van der Waals surface area (Å²) in [5, 5.41) is 29.4. The van der Waals surface area contributed by atoms with Crippen LogP contribution in [0.5, 0.6) is 5.75 Å². The predicted molar refractivity (Wildman–Crippen MR) is 169 cm³/mol. The Morgan fingerprint density at radius 3 is 2.72 bits per heavy atom. The van der Waals surface area contributed by atoms with Crippen LogP contribution in [0.2, 0.25) is 0 Å². The molecule has 0 aliphatic rings. The number of halogens is 1. The number of rotatable bonds is 13. The van der Waals surface area contributed by atoms with Gasteiger partial charge in [-0.1, -0.05) is 13.0 Å². The van der Waals surface area contributed by atoms with Crippen LogP contribution in [0.4, 0.5) is 20.6 Å². The number of aliphatic hydroxyl groups is 1. The third-order valence-corrected chi connectivity index (χ3v) is 6.72. The number of alkyl carbamates (subject to hydrolysis) is 1. The summed E-state index contributed by atoms with van der Waals surface area (Å²) in [6, 6.07) is 12.4. The Labute approximate surface area is 270 Å². The Morgan fingerprint density at radius 1 is 1.26 bits per heavy atom. The first-order valence-electron chi connectivity index (χ1n) is 14.8. The summed E-state index contributed by atoms with van der Waals surface area (Å²) >= 11 is 0. The molecule has 0 fully saturated rings. The number of nitriles is 1. The standard InChI is InChI=1S/C32H37FN8O6/c1-6-19-14-23(26(33)25(15-19)46-13-12-42)27(28-38-30(43)41(39-28)29-24(40-45-5)8-7-11-35-29)37-22-10-9-20(17-34)21(16-22)18-36-31(44)47-32(2,3)4/h7-11,14-16,27,37,40,42H,6,12-13,18H2,1-5H3,(H,36,44)(H,38,39,43)/p+1. The van der Waals surface area contributed by atoms with E-state index in [0.717, 1.165) is 10.2 Å². The molecule has 248 valence electrons. The van der Waals surface area contributed by atoms with Crippen molar-refractivity contribution in [3.8, 4) is 17.6 Å². The monoisotopic (exact) mass is 649 g/mol. The molecule has 0 bridgehead atoms. The number of aromatic amines is 1. The molecule has 0 aliphatic heterocycles. The number of nitrogens with one attached hydrogen (secondary N) is 3. The quantitative estimate of drug-likeness (QED) is 0.135. The first-order valence-corrected chi connectivity index (χ1v) is 14.8. The average molecular weight is 650 g/mol. The van der Waals surface area contributed by atoms with Crippen LogP contribution in [0, 0.1) is 17.1 Å². The number of nitrogens with zero attached hydrogens (tertiary/aromatic N) is 4. The maximum absolute atomic E-state index is 16.2. The lowest BCUT2D eigenvalue weighted by Crippen LogP contribution is -2.76. The minimum absolute atomic E-state index is 0.0270. The fourth-order valence-corrected chi connectivity index (χ4v) is 4.65. The lowest BCUT2D eigenvalue weighted by Gasteiger charge is -2.22. The number of aromatic nitrogens is 4. The van der Waals surface area contributed by atoms with Gasteiger partial charge in [-0.25, -0.2) is 23.8 Å². The molecule has 0 aliphatic carbocycles. The number of carbonyl (C=O) groups excluding carboxylic acids is 1. The van der Waals surface area contributed by atoms with E-state index in [4.69, 9.17) is 14.3 Å². The zero-order valence-corrected chi connectivity index (χ0v) is 26.8. The summed E-state index contributed by atoms with van der Waals surface area (Å²) in [6.07, 6.45) is 1.37. The van der Waals surface area contributed by atoms with Gasteiger partial charge in [0.1, 0.15) is 18.2 Å². The van der Waals surface area contributed by atoms with E-state index < -0.39 is 29.2 Å². The van der Waals surface area contributed by atoms with Gasteiger partial charge in [0.15, 0.2) is 17.4 Å². The first kappa shape index (κ1) is 34.6. The second-order valence-corrected chi connectivity index (χ2v) is 11.3. The highest BCUT2D eigenvalue weighted by Crippen LogP contribution is 2.33. The summed E-state index contributed by atoms with van der Waals surface area (Å²) < 4.78 is 28.1. The van der Waals surface area contributed by atoms with Gasteiger partial charge in [-0.2, -0.15) is 15.4 Å². The molecule has 0 spiro atoms. The third kappa shape index (κ3) is 8.70. The molecular weight excluding hydrogens is 611 g/mol. The number of anilines is 1. The summed E-state index contributed by atoms with van der Waals surface area (Å²) in [5.74, 6) is -0.577. The van der Waals surface area contributed by atoms with Crippen LogP contribution in [-0.4, -0.2) is 56.9 Å². The Hall–Kier alpha value is -5.30. The van der Waals surface area contributed by atoms with Crippen LogP contribution in [0.3, 0.4) is 0 Å². The highest BCUT2D eigenvalue weighted by Gasteiger charge is 2.27. The largest absolute Gasteiger partial charge is 0.488 e. The number of hydrogen-bond acceptors (Lipinski definition) is 10. The summed E-state index contributed by atoms with van der Waals surface area (Å²) in [4.78, 5) is 37.8. The fourth-order valence-electron chi connectivity index (χ4n) is 4.65. The van der Waals surface area contributed by atoms with Crippen LogP contribution in [0.15, 0.2) is 53.5 Å². The molecule has 14 nitrogen and oxygen atoms in total. The van der Waals surface area contributed by atoms with Crippen molar-refractivity contribution in [2.75, 3.05) is 25.6 Å². The second kappa shape index (κ2) is 15.3. The van der Waals surface area contributed by atoms with Crippen molar-refractivity contribution in [3.63, 3.8) is 0 Å². The van der Waals surface area contributed by atoms with E-state index in [9.17, 15) is 20.0 Å². The molecule has 4 aromatic rings. The maximum Gasteiger partial charge on any atom is 0.407 e. The summed E-state index contributed by atoms with van der Waals surface area (Å²) in [6.45, 7) is 6.63. The Kier molecular flexibility index (Phi) is 11.3. The molecular formula is C32H38FN8O6+. The number of aryl methyl sites for hydroxylation is 1. The van der Waals surface area contributed by atoms with Gasteiger partial charge in [0, 0.05) is 30.1 Å². The van der Waals surface area contributed by atoms with E-state index in [1.807, 2.05) is 6.92 Å². The molecule has 2 heterocycles. The van der Waals surface area contributed by atoms with Crippen molar-refractivity contribution < 1.29 is 34.1 Å². The minimum atomic E-state index is -1.09. The van der Waals surface area contributed by atoms with Gasteiger partial charge < -0.3 is 25.2 Å². The second-order valence-electron chi connectivity index (χ2n) is 11.3. The van der Waals surface area contributed by atoms with Crippen molar-refractivity contribution in [3.05, 3.63) is 93.0 Å². The number of carbonyl (C=O) groups is 1. The molecule has 4 rings (SSSR count). The van der Waals surface area contributed by atoms with E-state index >= 15 is 4.39 Å². The molecule has 2 aromatic heterocycles. The first-order chi connectivity index (χ1) is 22.5. The third-order valence-electron chi connectivity index (χ3n) is 6.72. The zero-order valence-electron chi connectivity index (χ0n) is 26.8. The topological polar surface area (TPSA) is 193 Å². The van der Waals surface area contributed by atoms with Crippen molar-refractivity contribution in [2.45, 2.75) is 52.3 Å². The van der Waals surface area contributed by atoms with E-state index in [-0.39, 0.29) is 42.7 Å².